The van der Waals surface area contributed by atoms with Crippen molar-refractivity contribution in [3.8, 4) is 11.4 Å². The molecule has 1 amide bonds. The van der Waals surface area contributed by atoms with E-state index < -0.39 is 0 Å². The number of carbonyl (C=O) groups excluding carboxylic acids is 1. The first-order valence-corrected chi connectivity index (χ1v) is 13.7. The molecule has 0 bridgehead atoms. The zero-order valence-electron chi connectivity index (χ0n) is 22.4. The van der Waals surface area contributed by atoms with Crippen LogP contribution in [0, 0.1) is 0 Å². The van der Waals surface area contributed by atoms with E-state index in [1.54, 1.807) is 6.92 Å². The summed E-state index contributed by atoms with van der Waals surface area (Å²) < 4.78 is 2.18. The average molecular weight is 505 g/mol. The molecule has 5 rings (SSSR count). The maximum Gasteiger partial charge on any atom is 0.250 e. The highest BCUT2D eigenvalue weighted by molar-refractivity contribution is 6.23. The van der Waals surface area contributed by atoms with Crippen LogP contribution in [0.5, 0.6) is 0 Å². The summed E-state index contributed by atoms with van der Waals surface area (Å²) in [5.41, 5.74) is 8.01. The maximum atomic E-state index is 12.1. The standard InChI is InChI=1S/C33H36N4O/c1-4-5-6-7-8-13-22-34-37-31-29-17-12-10-15-27(29)26-14-9-11-16-28(26)30(31)36-32(37)24-18-20-25(21-19-24)35-33(38)23(2)3/h9-12,14-21,34H,2,4-8,13,22H2,1,3H3,(H,35,38). The average Bonchev–Trinajstić information content (AvgIpc) is 3.33. The summed E-state index contributed by atoms with van der Waals surface area (Å²) in [6.07, 6.45) is 7.49. The van der Waals surface area contributed by atoms with Crippen molar-refractivity contribution >= 4 is 44.2 Å². The molecule has 0 fully saturated rings. The van der Waals surface area contributed by atoms with Gasteiger partial charge >= 0.3 is 0 Å². The van der Waals surface area contributed by atoms with Crippen LogP contribution in [0.15, 0.2) is 84.9 Å². The van der Waals surface area contributed by atoms with E-state index in [1.807, 2.05) is 24.3 Å². The lowest BCUT2D eigenvalue weighted by Gasteiger charge is -2.15. The fourth-order valence-corrected chi connectivity index (χ4v) is 5.09. The van der Waals surface area contributed by atoms with Crippen LogP contribution in [0.1, 0.15) is 52.4 Å². The van der Waals surface area contributed by atoms with Crippen LogP contribution in [0.25, 0.3) is 44.0 Å². The van der Waals surface area contributed by atoms with Gasteiger partial charge in [0.05, 0.1) is 11.0 Å². The van der Waals surface area contributed by atoms with Crippen LogP contribution in [0.4, 0.5) is 5.69 Å². The molecule has 0 aliphatic rings. The fourth-order valence-electron chi connectivity index (χ4n) is 5.09. The van der Waals surface area contributed by atoms with E-state index in [-0.39, 0.29) is 5.91 Å². The van der Waals surface area contributed by atoms with Gasteiger partial charge in [-0.15, -0.1) is 0 Å². The minimum Gasteiger partial charge on any atom is -0.324 e. The highest BCUT2D eigenvalue weighted by Crippen LogP contribution is 2.37. The second kappa shape index (κ2) is 11.5. The number of nitrogens with zero attached hydrogens (tertiary/aromatic N) is 2. The Morgan fingerprint density at radius 1 is 0.816 bits per heavy atom. The minimum absolute atomic E-state index is 0.177. The number of hydrogen-bond donors (Lipinski definition) is 2. The molecule has 38 heavy (non-hydrogen) atoms. The Balaban J connectivity index is 1.58. The molecule has 5 heteroatoms. The number of carbonyl (C=O) groups is 1. The lowest BCUT2D eigenvalue weighted by molar-refractivity contribution is -0.112. The van der Waals surface area contributed by atoms with Crippen LogP contribution in [-0.4, -0.2) is 22.1 Å². The predicted molar refractivity (Wildman–Crippen MR) is 161 cm³/mol. The molecular weight excluding hydrogens is 468 g/mol. The number of amides is 1. The van der Waals surface area contributed by atoms with Gasteiger partial charge in [-0.1, -0.05) is 94.1 Å². The molecule has 0 spiro atoms. The number of unbranched alkanes of at least 4 members (excludes halogenated alkanes) is 5. The van der Waals surface area contributed by atoms with Gasteiger partial charge in [-0.2, -0.15) is 0 Å². The number of aromatic nitrogens is 2. The van der Waals surface area contributed by atoms with Crippen molar-refractivity contribution in [3.63, 3.8) is 0 Å². The third kappa shape index (κ3) is 5.14. The number of rotatable bonds is 11. The van der Waals surface area contributed by atoms with Crippen molar-refractivity contribution in [1.29, 1.82) is 0 Å². The van der Waals surface area contributed by atoms with E-state index in [0.717, 1.165) is 46.5 Å². The van der Waals surface area contributed by atoms with E-state index in [2.05, 4.69) is 77.5 Å². The molecular formula is C33H36N4O. The van der Waals surface area contributed by atoms with Crippen LogP contribution in [0.2, 0.25) is 0 Å². The largest absolute Gasteiger partial charge is 0.324 e. The summed E-state index contributed by atoms with van der Waals surface area (Å²) in [5.74, 6) is 0.689. The summed E-state index contributed by atoms with van der Waals surface area (Å²) in [6, 6.07) is 25.0. The molecule has 5 nitrogen and oxygen atoms in total. The van der Waals surface area contributed by atoms with Gasteiger partial charge in [-0.25, -0.2) is 9.66 Å². The third-order valence-corrected chi connectivity index (χ3v) is 7.12. The normalized spacial score (nSPS) is 11.3. The minimum atomic E-state index is -0.177. The van der Waals surface area contributed by atoms with Gasteiger partial charge in [0.25, 0.3) is 5.91 Å². The molecule has 0 unspecified atom stereocenters. The summed E-state index contributed by atoms with van der Waals surface area (Å²) in [7, 11) is 0. The number of nitrogens with one attached hydrogen (secondary N) is 2. The predicted octanol–water partition coefficient (Wildman–Crippen LogP) is 8.43. The van der Waals surface area contributed by atoms with E-state index in [9.17, 15) is 4.79 Å². The maximum absolute atomic E-state index is 12.1. The zero-order chi connectivity index (χ0) is 26.5. The van der Waals surface area contributed by atoms with Crippen molar-refractivity contribution in [1.82, 2.24) is 9.66 Å². The molecule has 0 atom stereocenters. The second-order valence-electron chi connectivity index (χ2n) is 10.0. The molecule has 2 N–H and O–H groups in total. The lowest BCUT2D eigenvalue weighted by Crippen LogP contribution is -2.17. The highest BCUT2D eigenvalue weighted by atomic mass is 16.1. The summed E-state index contributed by atoms with van der Waals surface area (Å²) in [5, 5.41) is 7.65. The lowest BCUT2D eigenvalue weighted by atomic mass is 10.00. The molecule has 5 aromatic rings. The number of fused-ring (bicyclic) bond motifs is 6. The Kier molecular flexibility index (Phi) is 7.73. The quantitative estimate of drug-likeness (QED) is 0.108. The van der Waals surface area contributed by atoms with Gasteiger partial charge in [0.2, 0.25) is 0 Å². The first-order valence-electron chi connectivity index (χ1n) is 13.7. The first-order chi connectivity index (χ1) is 18.6. The molecule has 4 aromatic carbocycles. The zero-order valence-corrected chi connectivity index (χ0v) is 22.4. The van der Waals surface area contributed by atoms with Crippen molar-refractivity contribution < 1.29 is 4.79 Å². The van der Waals surface area contributed by atoms with Gasteiger partial charge in [0.15, 0.2) is 5.82 Å². The molecule has 0 saturated carbocycles. The van der Waals surface area contributed by atoms with Gasteiger partial charge in [-0.3, -0.25) is 4.79 Å². The Labute approximate surface area is 224 Å². The number of anilines is 1. The van der Waals surface area contributed by atoms with Crippen molar-refractivity contribution in [3.05, 3.63) is 84.9 Å². The van der Waals surface area contributed by atoms with Gasteiger partial charge in [-0.05, 0) is 48.4 Å². The molecule has 1 aromatic heterocycles. The van der Waals surface area contributed by atoms with Gasteiger partial charge in [0.1, 0.15) is 0 Å². The number of hydrogen-bond acceptors (Lipinski definition) is 3. The smallest absolute Gasteiger partial charge is 0.250 e. The van der Waals surface area contributed by atoms with Crippen LogP contribution >= 0.6 is 0 Å². The molecule has 0 saturated heterocycles. The van der Waals surface area contributed by atoms with Crippen LogP contribution < -0.4 is 10.7 Å². The van der Waals surface area contributed by atoms with Gasteiger partial charge in [0, 0.05) is 34.1 Å². The van der Waals surface area contributed by atoms with Gasteiger partial charge < -0.3 is 10.7 Å². The monoisotopic (exact) mass is 504 g/mol. The molecule has 194 valence electrons. The van der Waals surface area contributed by atoms with Crippen molar-refractivity contribution in [2.45, 2.75) is 52.4 Å². The Hall–Kier alpha value is -4.12. The molecule has 0 radical (unpaired) electrons. The Morgan fingerprint density at radius 2 is 1.42 bits per heavy atom. The second-order valence-corrected chi connectivity index (χ2v) is 10.0. The molecule has 0 aliphatic heterocycles. The Morgan fingerprint density at radius 3 is 2.11 bits per heavy atom. The first kappa shape index (κ1) is 25.5. The van der Waals surface area contributed by atoms with E-state index in [0.29, 0.717) is 5.57 Å². The third-order valence-electron chi connectivity index (χ3n) is 7.12. The SMILES string of the molecule is C=C(C)C(=O)Nc1ccc(-c2nc3c4ccccc4c4ccccc4c3n2NCCCCCCCC)cc1. The summed E-state index contributed by atoms with van der Waals surface area (Å²) >= 11 is 0. The van der Waals surface area contributed by atoms with E-state index in [1.165, 1.54) is 48.3 Å². The van der Waals surface area contributed by atoms with Crippen LogP contribution in [-0.2, 0) is 4.79 Å². The Bertz CT molecular complexity index is 1600. The number of benzene rings is 4. The fraction of sp³-hybridized carbons (Fsp3) is 0.273. The van der Waals surface area contributed by atoms with Crippen molar-refractivity contribution in [2.24, 2.45) is 0 Å². The van der Waals surface area contributed by atoms with E-state index >= 15 is 0 Å². The molecule has 0 aliphatic carbocycles. The van der Waals surface area contributed by atoms with E-state index in [4.69, 9.17) is 4.98 Å². The molecule has 1 heterocycles. The summed E-state index contributed by atoms with van der Waals surface area (Å²) in [6.45, 7) is 8.55. The van der Waals surface area contributed by atoms with Crippen molar-refractivity contribution in [2.75, 3.05) is 17.3 Å². The highest BCUT2D eigenvalue weighted by Gasteiger charge is 2.19. The summed E-state index contributed by atoms with van der Waals surface area (Å²) in [4.78, 5) is 17.3. The number of imidazole rings is 1. The van der Waals surface area contributed by atoms with Crippen LogP contribution in [0.3, 0.4) is 0 Å². The topological polar surface area (TPSA) is 59.0 Å².